The molecule has 2 heteroatoms. The van der Waals surface area contributed by atoms with Crippen molar-refractivity contribution in [2.75, 3.05) is 0 Å². The number of hydrogen-bond acceptors (Lipinski definition) is 2. The summed E-state index contributed by atoms with van der Waals surface area (Å²) in [5.74, 6) is 0. The number of hydrogen-bond donors (Lipinski definition) is 0. The normalized spacial score (nSPS) is 11.3. The standard InChI is InChI=1S/C5H10S2/c1-5(2,3)7-4-6/h4H,1-3H3. The third-order valence-electron chi connectivity index (χ3n) is 0.402. The minimum atomic E-state index is 0.307. The van der Waals surface area contributed by atoms with Crippen LogP contribution in [-0.2, 0) is 0 Å². The van der Waals surface area contributed by atoms with E-state index in [2.05, 4.69) is 33.0 Å². The maximum absolute atomic E-state index is 4.64. The Morgan fingerprint density at radius 2 is 1.86 bits per heavy atom. The van der Waals surface area contributed by atoms with E-state index in [4.69, 9.17) is 0 Å². The third-order valence-corrected chi connectivity index (χ3v) is 1.49. The molecule has 0 aliphatic carbocycles. The van der Waals surface area contributed by atoms with Crippen LogP contribution in [0.1, 0.15) is 20.8 Å². The molecule has 42 valence electrons. The Balaban J connectivity index is 3.34. The Bertz CT molecular complexity index is 61.0. The van der Waals surface area contributed by atoms with Crippen LogP contribution in [0.15, 0.2) is 0 Å². The predicted octanol–water partition coefficient (Wildman–Crippen LogP) is 2.48. The van der Waals surface area contributed by atoms with E-state index >= 15 is 0 Å². The first-order valence-corrected chi connectivity index (χ1v) is 3.53. The Hall–Kier alpha value is 0.440. The van der Waals surface area contributed by atoms with Crippen molar-refractivity contribution in [2.24, 2.45) is 0 Å². The molecule has 0 radical (unpaired) electrons. The Morgan fingerprint density at radius 3 is 1.86 bits per heavy atom. The third kappa shape index (κ3) is 6.44. The van der Waals surface area contributed by atoms with E-state index in [9.17, 15) is 0 Å². The summed E-state index contributed by atoms with van der Waals surface area (Å²) in [5.41, 5.74) is 0. The van der Waals surface area contributed by atoms with Crippen LogP contribution in [0, 0.1) is 0 Å². The topological polar surface area (TPSA) is 0 Å². The zero-order chi connectivity index (χ0) is 5.91. The molecule has 0 aliphatic rings. The molecule has 0 saturated heterocycles. The van der Waals surface area contributed by atoms with Crippen molar-refractivity contribution in [3.05, 3.63) is 0 Å². The van der Waals surface area contributed by atoms with Gasteiger partial charge >= 0.3 is 0 Å². The molecule has 0 bridgehead atoms. The van der Waals surface area contributed by atoms with E-state index < -0.39 is 0 Å². The van der Waals surface area contributed by atoms with Gasteiger partial charge in [-0.1, -0.05) is 33.0 Å². The van der Waals surface area contributed by atoms with Crippen molar-refractivity contribution in [1.82, 2.24) is 0 Å². The van der Waals surface area contributed by atoms with Crippen LogP contribution in [0.5, 0.6) is 0 Å². The van der Waals surface area contributed by atoms with E-state index in [1.807, 2.05) is 0 Å². The van der Waals surface area contributed by atoms with Gasteiger partial charge < -0.3 is 0 Å². The highest BCUT2D eigenvalue weighted by Crippen LogP contribution is 2.19. The first-order chi connectivity index (χ1) is 3.06. The molecule has 0 saturated carbocycles. The van der Waals surface area contributed by atoms with E-state index in [1.54, 1.807) is 16.5 Å². The molecule has 0 amide bonds. The molecule has 0 nitrogen and oxygen atoms in total. The minimum absolute atomic E-state index is 0.307. The van der Waals surface area contributed by atoms with Gasteiger partial charge in [0.05, 0.1) is 0 Å². The molecular weight excluding hydrogens is 124 g/mol. The second kappa shape index (κ2) is 2.68. The SMILES string of the molecule is CC(C)(C)SC=S. The van der Waals surface area contributed by atoms with Gasteiger partial charge in [-0.3, -0.25) is 0 Å². The van der Waals surface area contributed by atoms with Crippen LogP contribution < -0.4 is 0 Å². The second-order valence-electron chi connectivity index (χ2n) is 2.33. The molecule has 0 fully saturated rings. The van der Waals surface area contributed by atoms with Crippen LogP contribution in [-0.4, -0.2) is 9.45 Å². The second-order valence-corrected chi connectivity index (χ2v) is 4.56. The zero-order valence-corrected chi connectivity index (χ0v) is 6.53. The van der Waals surface area contributed by atoms with Crippen molar-refractivity contribution in [3.8, 4) is 0 Å². The smallest absolute Gasteiger partial charge is 0.0346 e. The summed E-state index contributed by atoms with van der Waals surface area (Å²) in [7, 11) is 0. The number of rotatable bonds is 1. The fraction of sp³-hybridized carbons (Fsp3) is 0.800. The van der Waals surface area contributed by atoms with Crippen molar-refractivity contribution < 1.29 is 0 Å². The summed E-state index contributed by atoms with van der Waals surface area (Å²) in [6, 6.07) is 0. The fourth-order valence-electron chi connectivity index (χ4n) is 0.144. The molecule has 0 heterocycles. The monoisotopic (exact) mass is 134 g/mol. The summed E-state index contributed by atoms with van der Waals surface area (Å²) in [6.07, 6.45) is 0. The molecule has 0 unspecified atom stereocenters. The van der Waals surface area contributed by atoms with Gasteiger partial charge in [0.2, 0.25) is 0 Å². The van der Waals surface area contributed by atoms with Gasteiger partial charge in [0, 0.05) is 9.45 Å². The summed E-state index contributed by atoms with van der Waals surface area (Å²) in [6.45, 7) is 6.42. The highest BCUT2D eigenvalue weighted by molar-refractivity contribution is 8.21. The minimum Gasteiger partial charge on any atom is -0.116 e. The van der Waals surface area contributed by atoms with Gasteiger partial charge in [-0.25, -0.2) is 0 Å². The lowest BCUT2D eigenvalue weighted by Crippen LogP contribution is -2.05. The van der Waals surface area contributed by atoms with Crippen molar-refractivity contribution >= 4 is 28.7 Å². The Kier molecular flexibility index (Phi) is 2.84. The first kappa shape index (κ1) is 7.44. The lowest BCUT2D eigenvalue weighted by atomic mass is 10.3. The summed E-state index contributed by atoms with van der Waals surface area (Å²) in [5, 5.41) is 0. The average molecular weight is 134 g/mol. The lowest BCUT2D eigenvalue weighted by molar-refractivity contribution is 0.809. The van der Waals surface area contributed by atoms with Crippen LogP contribution in [0.3, 0.4) is 0 Å². The first-order valence-electron chi connectivity index (χ1n) is 2.18. The van der Waals surface area contributed by atoms with Gasteiger partial charge in [0.25, 0.3) is 0 Å². The fourth-order valence-corrected chi connectivity index (χ4v) is 1.30. The molecule has 0 atom stereocenters. The predicted molar refractivity (Wildman–Crippen MR) is 41.0 cm³/mol. The maximum atomic E-state index is 4.64. The molecule has 0 aromatic rings. The van der Waals surface area contributed by atoms with Crippen LogP contribution in [0.4, 0.5) is 0 Å². The molecular formula is C5H10S2. The zero-order valence-electron chi connectivity index (χ0n) is 4.89. The van der Waals surface area contributed by atoms with Crippen LogP contribution in [0.2, 0.25) is 0 Å². The van der Waals surface area contributed by atoms with Crippen LogP contribution in [0.25, 0.3) is 0 Å². The summed E-state index contributed by atoms with van der Waals surface area (Å²) in [4.78, 5) is 0. The molecule has 0 aromatic heterocycles. The quantitative estimate of drug-likeness (QED) is 0.505. The Labute approximate surface area is 54.7 Å². The largest absolute Gasteiger partial charge is 0.116 e. The maximum Gasteiger partial charge on any atom is 0.0346 e. The molecule has 0 spiro atoms. The van der Waals surface area contributed by atoms with E-state index in [0.29, 0.717) is 4.75 Å². The lowest BCUT2D eigenvalue weighted by Gasteiger charge is -2.12. The highest BCUT2D eigenvalue weighted by atomic mass is 32.2. The van der Waals surface area contributed by atoms with Gasteiger partial charge in [0.1, 0.15) is 0 Å². The average Bonchev–Trinajstić information content (AvgIpc) is 1.30. The highest BCUT2D eigenvalue weighted by Gasteiger charge is 2.06. The van der Waals surface area contributed by atoms with Gasteiger partial charge in [-0.2, -0.15) is 0 Å². The van der Waals surface area contributed by atoms with Crippen molar-refractivity contribution in [1.29, 1.82) is 0 Å². The molecule has 0 aromatic carbocycles. The van der Waals surface area contributed by atoms with Crippen molar-refractivity contribution in [2.45, 2.75) is 25.5 Å². The number of thiocarbonyl (C=S) groups is 1. The van der Waals surface area contributed by atoms with Gasteiger partial charge in [0.15, 0.2) is 0 Å². The van der Waals surface area contributed by atoms with Crippen LogP contribution >= 0.6 is 24.0 Å². The molecule has 7 heavy (non-hydrogen) atoms. The van der Waals surface area contributed by atoms with E-state index in [-0.39, 0.29) is 0 Å². The summed E-state index contributed by atoms with van der Waals surface area (Å²) < 4.78 is 2.02. The van der Waals surface area contributed by atoms with Crippen molar-refractivity contribution in [3.63, 3.8) is 0 Å². The van der Waals surface area contributed by atoms with E-state index in [0.717, 1.165) is 0 Å². The van der Waals surface area contributed by atoms with Gasteiger partial charge in [-0.05, 0) is 0 Å². The molecule has 0 rings (SSSR count). The van der Waals surface area contributed by atoms with E-state index in [1.165, 1.54) is 0 Å². The summed E-state index contributed by atoms with van der Waals surface area (Å²) >= 11 is 6.32. The van der Waals surface area contributed by atoms with Gasteiger partial charge in [-0.15, -0.1) is 11.8 Å². The number of thioether (sulfide) groups is 1. The Morgan fingerprint density at radius 1 is 1.43 bits per heavy atom. The molecule has 0 aliphatic heterocycles. The molecule has 0 N–H and O–H groups in total.